The molecule has 188 valence electrons. The van der Waals surface area contributed by atoms with Crippen LogP contribution in [0.5, 0.6) is 0 Å². The van der Waals surface area contributed by atoms with Crippen LogP contribution in [0.3, 0.4) is 0 Å². The Bertz CT molecular complexity index is 298. The van der Waals surface area contributed by atoms with Crippen molar-refractivity contribution in [1.82, 2.24) is 4.90 Å². The van der Waals surface area contributed by atoms with Crippen molar-refractivity contribution in [2.75, 3.05) is 19.6 Å². The first-order chi connectivity index (χ1) is 15.1. The fourth-order valence-electron chi connectivity index (χ4n) is 4.64. The van der Waals surface area contributed by atoms with Crippen LogP contribution in [0, 0.1) is 11.8 Å². The summed E-state index contributed by atoms with van der Waals surface area (Å²) in [7, 11) is 0. The molecule has 0 amide bonds. The molecule has 0 aliphatic rings. The van der Waals surface area contributed by atoms with E-state index in [1.807, 2.05) is 0 Å². The average Bonchev–Trinajstić information content (AvgIpc) is 2.73. The number of unbranched alkanes of at least 4 members (excludes halogenated alkanes) is 15. The van der Waals surface area contributed by atoms with Gasteiger partial charge in [0.05, 0.1) is 0 Å². The molecule has 0 saturated heterocycles. The van der Waals surface area contributed by atoms with Crippen molar-refractivity contribution in [2.24, 2.45) is 11.8 Å². The van der Waals surface area contributed by atoms with Crippen molar-refractivity contribution in [1.29, 1.82) is 0 Å². The molecule has 0 aromatic heterocycles. The highest BCUT2D eigenvalue weighted by Crippen LogP contribution is 2.14. The zero-order valence-corrected chi connectivity index (χ0v) is 22.9. The van der Waals surface area contributed by atoms with E-state index in [4.69, 9.17) is 0 Å². The largest absolute Gasteiger partial charge is 0.303 e. The summed E-state index contributed by atoms with van der Waals surface area (Å²) < 4.78 is 0. The van der Waals surface area contributed by atoms with Crippen LogP contribution in [0.25, 0.3) is 0 Å². The second-order valence-corrected chi connectivity index (χ2v) is 11.2. The van der Waals surface area contributed by atoms with E-state index in [-0.39, 0.29) is 0 Å². The highest BCUT2D eigenvalue weighted by Gasteiger charge is 2.05. The Hall–Kier alpha value is -0.0400. The third-order valence-electron chi connectivity index (χ3n) is 6.84. The standard InChI is InChI=1S/C30H63N/c1-6-7-8-9-16-21-26-31(27-22-17-12-10-14-19-24-29(2)3)28-23-18-13-11-15-20-25-30(4)5/h29-30H,6-28H2,1-5H3. The molecule has 0 spiro atoms. The van der Waals surface area contributed by atoms with Crippen LogP contribution < -0.4 is 0 Å². The van der Waals surface area contributed by atoms with E-state index in [1.54, 1.807) is 0 Å². The molecular formula is C30H63N. The first-order valence-electron chi connectivity index (χ1n) is 14.8. The zero-order valence-electron chi connectivity index (χ0n) is 22.9. The minimum absolute atomic E-state index is 0.885. The van der Waals surface area contributed by atoms with Crippen LogP contribution in [-0.4, -0.2) is 24.5 Å². The van der Waals surface area contributed by atoms with Gasteiger partial charge in [-0.15, -0.1) is 0 Å². The second-order valence-electron chi connectivity index (χ2n) is 11.2. The predicted octanol–water partition coefficient (Wildman–Crippen LogP) is 10.4. The molecular weight excluding hydrogens is 374 g/mol. The average molecular weight is 438 g/mol. The minimum Gasteiger partial charge on any atom is -0.303 e. The lowest BCUT2D eigenvalue weighted by molar-refractivity contribution is 0.254. The SMILES string of the molecule is CCCCCCCCN(CCCCCCCCC(C)C)CCCCCCCCC(C)C. The highest BCUT2D eigenvalue weighted by molar-refractivity contribution is 4.61. The van der Waals surface area contributed by atoms with Gasteiger partial charge in [0.1, 0.15) is 0 Å². The van der Waals surface area contributed by atoms with Gasteiger partial charge in [-0.25, -0.2) is 0 Å². The molecule has 0 atom stereocenters. The van der Waals surface area contributed by atoms with E-state index in [1.165, 1.54) is 148 Å². The van der Waals surface area contributed by atoms with Crippen LogP contribution in [0.4, 0.5) is 0 Å². The van der Waals surface area contributed by atoms with Crippen molar-refractivity contribution in [2.45, 2.75) is 163 Å². The lowest BCUT2D eigenvalue weighted by atomic mass is 10.0. The summed E-state index contributed by atoms with van der Waals surface area (Å²) in [4.78, 5) is 2.82. The number of rotatable bonds is 25. The Labute approximate surface area is 199 Å². The highest BCUT2D eigenvalue weighted by atomic mass is 15.1. The Balaban J connectivity index is 3.84. The molecule has 0 heterocycles. The first kappa shape index (κ1) is 31.0. The zero-order chi connectivity index (χ0) is 23.0. The fraction of sp³-hybridized carbons (Fsp3) is 1.00. The van der Waals surface area contributed by atoms with Crippen LogP contribution in [-0.2, 0) is 0 Å². The van der Waals surface area contributed by atoms with Gasteiger partial charge in [-0.2, -0.15) is 0 Å². The molecule has 0 fully saturated rings. The molecule has 31 heavy (non-hydrogen) atoms. The van der Waals surface area contributed by atoms with E-state index >= 15 is 0 Å². The molecule has 0 bridgehead atoms. The third-order valence-corrected chi connectivity index (χ3v) is 6.84. The van der Waals surface area contributed by atoms with Gasteiger partial charge < -0.3 is 4.90 Å². The molecule has 0 aromatic rings. The topological polar surface area (TPSA) is 3.24 Å². The normalized spacial score (nSPS) is 12.0. The first-order valence-corrected chi connectivity index (χ1v) is 14.8. The molecule has 0 saturated carbocycles. The van der Waals surface area contributed by atoms with Crippen LogP contribution >= 0.6 is 0 Å². The van der Waals surface area contributed by atoms with Gasteiger partial charge in [-0.05, 0) is 50.7 Å². The maximum Gasteiger partial charge on any atom is -0.00187 e. The van der Waals surface area contributed by atoms with Crippen LogP contribution in [0.15, 0.2) is 0 Å². The van der Waals surface area contributed by atoms with Gasteiger partial charge in [0.15, 0.2) is 0 Å². The van der Waals surface area contributed by atoms with Crippen LogP contribution in [0.2, 0.25) is 0 Å². The van der Waals surface area contributed by atoms with E-state index < -0.39 is 0 Å². The molecule has 0 unspecified atom stereocenters. The van der Waals surface area contributed by atoms with E-state index in [9.17, 15) is 0 Å². The Kier molecular flexibility index (Phi) is 24.6. The van der Waals surface area contributed by atoms with Gasteiger partial charge >= 0.3 is 0 Å². The summed E-state index contributed by atoms with van der Waals surface area (Å²) in [5.41, 5.74) is 0. The summed E-state index contributed by atoms with van der Waals surface area (Å²) in [5.74, 6) is 1.77. The van der Waals surface area contributed by atoms with Crippen molar-refractivity contribution < 1.29 is 0 Å². The Morgan fingerprint density at radius 1 is 0.387 bits per heavy atom. The third kappa shape index (κ3) is 26.1. The van der Waals surface area contributed by atoms with Crippen molar-refractivity contribution in [3.8, 4) is 0 Å². The molecule has 0 rings (SSSR count). The van der Waals surface area contributed by atoms with Gasteiger partial charge in [-0.1, -0.05) is 144 Å². The molecule has 0 radical (unpaired) electrons. The quantitative estimate of drug-likeness (QED) is 0.128. The smallest absolute Gasteiger partial charge is 0.00187 e. The molecule has 0 aliphatic heterocycles. The van der Waals surface area contributed by atoms with Crippen LogP contribution in [0.1, 0.15) is 163 Å². The molecule has 0 N–H and O–H groups in total. The Morgan fingerprint density at radius 3 is 1.00 bits per heavy atom. The summed E-state index contributed by atoms with van der Waals surface area (Å²) in [6.45, 7) is 15.8. The lowest BCUT2D eigenvalue weighted by Gasteiger charge is -2.22. The van der Waals surface area contributed by atoms with Gasteiger partial charge in [0.2, 0.25) is 0 Å². The van der Waals surface area contributed by atoms with Gasteiger partial charge in [0, 0.05) is 0 Å². The number of hydrogen-bond acceptors (Lipinski definition) is 1. The van der Waals surface area contributed by atoms with Gasteiger partial charge in [0.25, 0.3) is 0 Å². The molecule has 1 heteroatoms. The van der Waals surface area contributed by atoms with E-state index in [2.05, 4.69) is 39.5 Å². The predicted molar refractivity (Wildman–Crippen MR) is 144 cm³/mol. The Morgan fingerprint density at radius 2 is 0.677 bits per heavy atom. The fourth-order valence-corrected chi connectivity index (χ4v) is 4.64. The number of hydrogen-bond donors (Lipinski definition) is 0. The van der Waals surface area contributed by atoms with Crippen molar-refractivity contribution in [3.63, 3.8) is 0 Å². The summed E-state index contributed by atoms with van der Waals surface area (Å²) in [6.07, 6.45) is 28.8. The molecule has 0 aromatic carbocycles. The molecule has 1 nitrogen and oxygen atoms in total. The van der Waals surface area contributed by atoms with Crippen molar-refractivity contribution in [3.05, 3.63) is 0 Å². The minimum atomic E-state index is 0.885. The summed E-state index contributed by atoms with van der Waals surface area (Å²) >= 11 is 0. The maximum absolute atomic E-state index is 2.82. The summed E-state index contributed by atoms with van der Waals surface area (Å²) in [5, 5.41) is 0. The monoisotopic (exact) mass is 437 g/mol. The van der Waals surface area contributed by atoms with Crippen molar-refractivity contribution >= 4 is 0 Å². The number of nitrogens with zero attached hydrogens (tertiary/aromatic N) is 1. The molecule has 0 aliphatic carbocycles. The summed E-state index contributed by atoms with van der Waals surface area (Å²) in [6, 6.07) is 0. The van der Waals surface area contributed by atoms with E-state index in [0.717, 1.165) is 11.8 Å². The second kappa shape index (κ2) is 24.6. The maximum atomic E-state index is 2.82. The van der Waals surface area contributed by atoms with Gasteiger partial charge in [-0.3, -0.25) is 0 Å². The lowest BCUT2D eigenvalue weighted by Crippen LogP contribution is -2.27. The van der Waals surface area contributed by atoms with E-state index in [0.29, 0.717) is 0 Å².